The molecule has 0 aromatic heterocycles. The van der Waals surface area contributed by atoms with E-state index in [1.165, 1.54) is 6.92 Å². The Bertz CT molecular complexity index is 568. The van der Waals surface area contributed by atoms with Crippen molar-refractivity contribution in [2.75, 3.05) is 43.5 Å². The molecule has 1 aromatic rings. The Morgan fingerprint density at radius 1 is 1.08 bits per heavy atom. The van der Waals surface area contributed by atoms with Gasteiger partial charge in [0.15, 0.2) is 0 Å². The molecule has 1 heterocycles. The lowest BCUT2D eigenvalue weighted by Crippen LogP contribution is -2.51. The Morgan fingerprint density at radius 3 is 2.16 bits per heavy atom. The highest BCUT2D eigenvalue weighted by molar-refractivity contribution is 5.91. The van der Waals surface area contributed by atoms with E-state index in [1.54, 1.807) is 24.3 Å². The summed E-state index contributed by atoms with van der Waals surface area (Å²) in [4.78, 5) is 25.5. The zero-order valence-electron chi connectivity index (χ0n) is 15.2. The summed E-state index contributed by atoms with van der Waals surface area (Å²) in [5, 5.41) is 8.46. The number of hydrogen-bond donors (Lipinski definition) is 3. The molecule has 3 N–H and O–H groups in total. The number of ether oxygens (including phenoxy) is 1. The van der Waals surface area contributed by atoms with Gasteiger partial charge >= 0.3 is 6.03 Å². The van der Waals surface area contributed by atoms with Crippen LogP contribution in [0.1, 0.15) is 20.8 Å². The quantitative estimate of drug-likeness (QED) is 0.735. The molecule has 0 bridgehead atoms. The molecular weight excluding hydrogens is 320 g/mol. The highest BCUT2D eigenvalue weighted by atomic mass is 16.5. The van der Waals surface area contributed by atoms with Crippen molar-refractivity contribution in [2.45, 2.75) is 26.8 Å². The number of carbonyl (C=O) groups is 2. The van der Waals surface area contributed by atoms with Gasteiger partial charge in [0.25, 0.3) is 0 Å². The number of rotatable bonds is 6. The van der Waals surface area contributed by atoms with Crippen LogP contribution in [0, 0.1) is 5.92 Å². The number of nitrogens with zero attached hydrogens (tertiary/aromatic N) is 1. The smallest absolute Gasteiger partial charge is 0.319 e. The van der Waals surface area contributed by atoms with E-state index < -0.39 is 0 Å². The first kappa shape index (κ1) is 19.2. The zero-order valence-corrected chi connectivity index (χ0v) is 15.2. The van der Waals surface area contributed by atoms with Crippen LogP contribution in [0.3, 0.4) is 0 Å². The van der Waals surface area contributed by atoms with Gasteiger partial charge in [0.2, 0.25) is 5.91 Å². The summed E-state index contributed by atoms with van der Waals surface area (Å²) in [5.41, 5.74) is 1.38. The lowest BCUT2D eigenvalue weighted by Gasteiger charge is -2.36. The first-order chi connectivity index (χ1) is 12.0. The SMILES string of the molecule is CC(=O)Nc1ccc(NC(=O)NCC(C(C)C)N2CCOCC2)cc1. The number of amides is 3. The summed E-state index contributed by atoms with van der Waals surface area (Å²) in [6.45, 7) is 9.67. The molecule has 0 saturated carbocycles. The molecule has 25 heavy (non-hydrogen) atoms. The summed E-state index contributed by atoms with van der Waals surface area (Å²) >= 11 is 0. The van der Waals surface area contributed by atoms with Crippen molar-refractivity contribution in [1.29, 1.82) is 0 Å². The van der Waals surface area contributed by atoms with Crippen molar-refractivity contribution in [3.63, 3.8) is 0 Å². The van der Waals surface area contributed by atoms with Crippen LogP contribution in [0.25, 0.3) is 0 Å². The molecule has 1 unspecified atom stereocenters. The van der Waals surface area contributed by atoms with Crippen molar-refractivity contribution in [2.24, 2.45) is 5.92 Å². The van der Waals surface area contributed by atoms with Crippen molar-refractivity contribution in [3.8, 4) is 0 Å². The Balaban J connectivity index is 1.83. The van der Waals surface area contributed by atoms with E-state index in [9.17, 15) is 9.59 Å². The number of hydrogen-bond acceptors (Lipinski definition) is 4. The van der Waals surface area contributed by atoms with Crippen molar-refractivity contribution in [3.05, 3.63) is 24.3 Å². The molecular formula is C18H28N4O3. The van der Waals surface area contributed by atoms with Crippen LogP contribution in [0.15, 0.2) is 24.3 Å². The minimum absolute atomic E-state index is 0.124. The summed E-state index contributed by atoms with van der Waals surface area (Å²) in [6.07, 6.45) is 0. The maximum Gasteiger partial charge on any atom is 0.319 e. The Labute approximate surface area is 149 Å². The second-order valence-corrected chi connectivity index (χ2v) is 6.55. The monoisotopic (exact) mass is 348 g/mol. The van der Waals surface area contributed by atoms with Gasteiger partial charge in [-0.2, -0.15) is 0 Å². The maximum absolute atomic E-state index is 12.1. The van der Waals surface area contributed by atoms with Crippen LogP contribution in [-0.4, -0.2) is 55.7 Å². The van der Waals surface area contributed by atoms with Crippen LogP contribution < -0.4 is 16.0 Å². The topological polar surface area (TPSA) is 82.7 Å². The molecule has 1 aromatic carbocycles. The molecule has 7 nitrogen and oxygen atoms in total. The van der Waals surface area contributed by atoms with E-state index in [-0.39, 0.29) is 18.0 Å². The van der Waals surface area contributed by atoms with Crippen LogP contribution in [0.5, 0.6) is 0 Å². The van der Waals surface area contributed by atoms with Gasteiger partial charge in [-0.15, -0.1) is 0 Å². The van der Waals surface area contributed by atoms with Crippen LogP contribution in [0.2, 0.25) is 0 Å². The third kappa shape index (κ3) is 6.36. The van der Waals surface area contributed by atoms with Gasteiger partial charge in [0.1, 0.15) is 0 Å². The average molecular weight is 348 g/mol. The number of urea groups is 1. The highest BCUT2D eigenvalue weighted by Crippen LogP contribution is 2.14. The van der Waals surface area contributed by atoms with Crippen molar-refractivity contribution < 1.29 is 14.3 Å². The minimum Gasteiger partial charge on any atom is -0.379 e. The summed E-state index contributed by atoms with van der Waals surface area (Å²) in [7, 11) is 0. The molecule has 138 valence electrons. The summed E-state index contributed by atoms with van der Waals surface area (Å²) < 4.78 is 5.40. The maximum atomic E-state index is 12.1. The van der Waals surface area contributed by atoms with E-state index in [0.29, 0.717) is 23.8 Å². The number of carbonyl (C=O) groups excluding carboxylic acids is 2. The Morgan fingerprint density at radius 2 is 1.64 bits per heavy atom. The van der Waals surface area contributed by atoms with Gasteiger partial charge in [-0.1, -0.05) is 13.8 Å². The van der Waals surface area contributed by atoms with Crippen LogP contribution in [-0.2, 0) is 9.53 Å². The molecule has 1 aliphatic rings. The van der Waals surface area contributed by atoms with Gasteiger partial charge in [-0.3, -0.25) is 9.69 Å². The molecule has 0 spiro atoms. The van der Waals surface area contributed by atoms with Gasteiger partial charge in [0.05, 0.1) is 13.2 Å². The molecule has 0 aliphatic carbocycles. The third-order valence-corrected chi connectivity index (χ3v) is 4.22. The van der Waals surface area contributed by atoms with E-state index >= 15 is 0 Å². The molecule has 1 fully saturated rings. The number of morpholine rings is 1. The molecule has 3 amide bonds. The molecule has 2 rings (SSSR count). The normalized spacial score (nSPS) is 16.3. The van der Waals surface area contributed by atoms with Crippen LogP contribution >= 0.6 is 0 Å². The fourth-order valence-corrected chi connectivity index (χ4v) is 2.91. The third-order valence-electron chi connectivity index (χ3n) is 4.22. The fourth-order valence-electron chi connectivity index (χ4n) is 2.91. The lowest BCUT2D eigenvalue weighted by molar-refractivity contribution is -0.114. The largest absolute Gasteiger partial charge is 0.379 e. The second kappa shape index (κ2) is 9.39. The van der Waals surface area contributed by atoms with Gasteiger partial charge in [-0.05, 0) is 30.2 Å². The zero-order chi connectivity index (χ0) is 18.2. The first-order valence-corrected chi connectivity index (χ1v) is 8.70. The first-order valence-electron chi connectivity index (χ1n) is 8.70. The standard InChI is InChI=1S/C18H28N4O3/c1-13(2)17(22-8-10-25-11-9-22)12-19-18(24)21-16-6-4-15(5-7-16)20-14(3)23/h4-7,13,17H,8-12H2,1-3H3,(H,20,23)(H2,19,21,24). The number of benzene rings is 1. The molecule has 1 saturated heterocycles. The predicted octanol–water partition coefficient (Wildman–Crippen LogP) is 2.12. The second-order valence-electron chi connectivity index (χ2n) is 6.55. The lowest BCUT2D eigenvalue weighted by atomic mass is 10.0. The highest BCUT2D eigenvalue weighted by Gasteiger charge is 2.24. The summed E-state index contributed by atoms with van der Waals surface area (Å²) in [6, 6.07) is 7.08. The number of anilines is 2. The van der Waals surface area contributed by atoms with E-state index in [4.69, 9.17) is 4.74 Å². The van der Waals surface area contributed by atoms with Gasteiger partial charge in [-0.25, -0.2) is 4.79 Å². The minimum atomic E-state index is -0.230. The fraction of sp³-hybridized carbons (Fsp3) is 0.556. The molecule has 0 radical (unpaired) electrons. The van der Waals surface area contributed by atoms with E-state index in [1.807, 2.05) is 0 Å². The van der Waals surface area contributed by atoms with Gasteiger partial charge < -0.3 is 20.7 Å². The van der Waals surface area contributed by atoms with Crippen molar-refractivity contribution >= 4 is 23.3 Å². The van der Waals surface area contributed by atoms with Crippen molar-refractivity contribution in [1.82, 2.24) is 10.2 Å². The Kier molecular flexibility index (Phi) is 7.21. The molecule has 1 atom stereocenters. The predicted molar refractivity (Wildman–Crippen MR) is 98.8 cm³/mol. The Hall–Kier alpha value is -2.12. The van der Waals surface area contributed by atoms with E-state index in [2.05, 4.69) is 34.7 Å². The van der Waals surface area contributed by atoms with E-state index in [0.717, 1.165) is 26.3 Å². The van der Waals surface area contributed by atoms with Crippen LogP contribution in [0.4, 0.5) is 16.2 Å². The summed E-state index contributed by atoms with van der Waals surface area (Å²) in [5.74, 6) is 0.316. The molecule has 7 heteroatoms. The number of nitrogens with one attached hydrogen (secondary N) is 3. The molecule has 1 aliphatic heterocycles. The van der Waals surface area contributed by atoms with Gasteiger partial charge in [0, 0.05) is 44.0 Å². The average Bonchev–Trinajstić information content (AvgIpc) is 2.57.